The van der Waals surface area contributed by atoms with Crippen LogP contribution in [0.15, 0.2) is 36.4 Å². The second-order valence-electron chi connectivity index (χ2n) is 4.35. The summed E-state index contributed by atoms with van der Waals surface area (Å²) in [7, 11) is 3.15. The average Bonchev–Trinajstić information content (AvgIpc) is 2.46. The standard InChI is InChI=1S/C16H16O4/c1-10-12(5-4-6-13(10)16(17)18)11-7-8-14(19-2)15(9-11)20-3/h4-9H,1-3H3,(H,17,18). The number of hydrogen-bond acceptors (Lipinski definition) is 3. The lowest BCUT2D eigenvalue weighted by molar-refractivity contribution is 0.0696. The van der Waals surface area contributed by atoms with Crippen molar-refractivity contribution < 1.29 is 19.4 Å². The topological polar surface area (TPSA) is 55.8 Å². The third kappa shape index (κ3) is 2.45. The minimum atomic E-state index is -0.926. The minimum Gasteiger partial charge on any atom is -0.493 e. The molecule has 20 heavy (non-hydrogen) atoms. The van der Waals surface area contributed by atoms with Crippen LogP contribution in [0.3, 0.4) is 0 Å². The van der Waals surface area contributed by atoms with Gasteiger partial charge in [0.25, 0.3) is 0 Å². The van der Waals surface area contributed by atoms with Crippen LogP contribution in [0.2, 0.25) is 0 Å². The van der Waals surface area contributed by atoms with Crippen molar-refractivity contribution in [1.82, 2.24) is 0 Å². The van der Waals surface area contributed by atoms with Crippen molar-refractivity contribution in [1.29, 1.82) is 0 Å². The first kappa shape index (κ1) is 13.9. The molecule has 4 heteroatoms. The highest BCUT2D eigenvalue weighted by Crippen LogP contribution is 2.34. The summed E-state index contributed by atoms with van der Waals surface area (Å²) in [6, 6.07) is 10.8. The molecule has 0 atom stereocenters. The molecular formula is C16H16O4. The van der Waals surface area contributed by atoms with Crippen LogP contribution in [-0.2, 0) is 0 Å². The fraction of sp³-hybridized carbons (Fsp3) is 0.188. The molecular weight excluding hydrogens is 256 g/mol. The van der Waals surface area contributed by atoms with Crippen molar-refractivity contribution in [2.75, 3.05) is 14.2 Å². The van der Waals surface area contributed by atoms with Crippen molar-refractivity contribution in [3.63, 3.8) is 0 Å². The summed E-state index contributed by atoms with van der Waals surface area (Å²) in [5.74, 6) is 0.332. The third-order valence-corrected chi connectivity index (χ3v) is 3.26. The molecule has 1 N–H and O–H groups in total. The lowest BCUT2D eigenvalue weighted by Crippen LogP contribution is -2.00. The van der Waals surface area contributed by atoms with Crippen molar-refractivity contribution in [2.45, 2.75) is 6.92 Å². The van der Waals surface area contributed by atoms with Gasteiger partial charge in [-0.2, -0.15) is 0 Å². The van der Waals surface area contributed by atoms with Crippen LogP contribution >= 0.6 is 0 Å². The Morgan fingerprint density at radius 2 is 1.75 bits per heavy atom. The highest BCUT2D eigenvalue weighted by molar-refractivity contribution is 5.92. The number of benzene rings is 2. The SMILES string of the molecule is COc1ccc(-c2cccc(C(=O)O)c2C)cc1OC. The zero-order chi connectivity index (χ0) is 14.7. The minimum absolute atomic E-state index is 0.303. The van der Waals surface area contributed by atoms with E-state index in [-0.39, 0.29) is 0 Å². The number of carboxylic acids is 1. The fourth-order valence-corrected chi connectivity index (χ4v) is 2.18. The number of carbonyl (C=O) groups is 1. The van der Waals surface area contributed by atoms with Gasteiger partial charge >= 0.3 is 5.97 Å². The lowest BCUT2D eigenvalue weighted by Gasteiger charge is -2.12. The van der Waals surface area contributed by atoms with Gasteiger partial charge in [-0.05, 0) is 41.8 Å². The molecule has 0 saturated carbocycles. The molecule has 0 aromatic heterocycles. The number of methoxy groups -OCH3 is 2. The maximum Gasteiger partial charge on any atom is 0.335 e. The van der Waals surface area contributed by atoms with Crippen LogP contribution in [0.1, 0.15) is 15.9 Å². The summed E-state index contributed by atoms with van der Waals surface area (Å²) in [4.78, 5) is 11.2. The van der Waals surface area contributed by atoms with E-state index < -0.39 is 5.97 Å². The molecule has 0 aliphatic rings. The molecule has 0 aliphatic carbocycles. The van der Waals surface area contributed by atoms with E-state index in [2.05, 4.69) is 0 Å². The normalized spacial score (nSPS) is 10.2. The maximum absolute atomic E-state index is 11.2. The predicted octanol–water partition coefficient (Wildman–Crippen LogP) is 3.38. The Kier molecular flexibility index (Phi) is 3.94. The van der Waals surface area contributed by atoms with Gasteiger partial charge in [0.2, 0.25) is 0 Å². The molecule has 2 aromatic rings. The highest BCUT2D eigenvalue weighted by atomic mass is 16.5. The summed E-state index contributed by atoms with van der Waals surface area (Å²) >= 11 is 0. The molecule has 0 fully saturated rings. The largest absolute Gasteiger partial charge is 0.493 e. The Morgan fingerprint density at radius 1 is 1.05 bits per heavy atom. The summed E-state index contributed by atoms with van der Waals surface area (Å²) in [6.07, 6.45) is 0. The molecule has 0 bridgehead atoms. The van der Waals surface area contributed by atoms with E-state index in [1.807, 2.05) is 18.2 Å². The predicted molar refractivity (Wildman–Crippen MR) is 76.7 cm³/mol. The Hall–Kier alpha value is -2.49. The van der Waals surface area contributed by atoms with E-state index in [4.69, 9.17) is 9.47 Å². The van der Waals surface area contributed by atoms with Crippen LogP contribution in [0.4, 0.5) is 0 Å². The van der Waals surface area contributed by atoms with Gasteiger partial charge in [0, 0.05) is 0 Å². The third-order valence-electron chi connectivity index (χ3n) is 3.26. The van der Waals surface area contributed by atoms with E-state index in [1.165, 1.54) is 0 Å². The van der Waals surface area contributed by atoms with Crippen LogP contribution in [0.5, 0.6) is 11.5 Å². The van der Waals surface area contributed by atoms with Crippen LogP contribution in [0, 0.1) is 6.92 Å². The number of ether oxygens (including phenoxy) is 2. The molecule has 0 radical (unpaired) electrons. The Labute approximate surface area is 117 Å². The average molecular weight is 272 g/mol. The van der Waals surface area contributed by atoms with E-state index in [1.54, 1.807) is 39.3 Å². The monoisotopic (exact) mass is 272 g/mol. The van der Waals surface area contributed by atoms with Crippen LogP contribution in [-0.4, -0.2) is 25.3 Å². The quantitative estimate of drug-likeness (QED) is 0.927. The second-order valence-corrected chi connectivity index (χ2v) is 4.35. The van der Waals surface area contributed by atoms with E-state index in [0.717, 1.165) is 16.7 Å². The molecule has 0 saturated heterocycles. The summed E-state index contributed by atoms with van der Waals surface area (Å²) in [5.41, 5.74) is 2.79. The maximum atomic E-state index is 11.2. The summed E-state index contributed by atoms with van der Waals surface area (Å²) < 4.78 is 10.5. The van der Waals surface area contributed by atoms with Crippen LogP contribution in [0.25, 0.3) is 11.1 Å². The van der Waals surface area contributed by atoms with E-state index in [0.29, 0.717) is 17.1 Å². The first-order chi connectivity index (χ1) is 9.58. The Morgan fingerprint density at radius 3 is 2.35 bits per heavy atom. The molecule has 2 rings (SSSR count). The molecule has 4 nitrogen and oxygen atoms in total. The zero-order valence-electron chi connectivity index (χ0n) is 11.6. The van der Waals surface area contributed by atoms with E-state index in [9.17, 15) is 9.90 Å². The van der Waals surface area contributed by atoms with Crippen molar-refractivity contribution >= 4 is 5.97 Å². The van der Waals surface area contributed by atoms with Gasteiger partial charge in [-0.25, -0.2) is 4.79 Å². The van der Waals surface area contributed by atoms with Gasteiger partial charge in [-0.15, -0.1) is 0 Å². The van der Waals surface area contributed by atoms with Crippen LogP contribution < -0.4 is 9.47 Å². The second kappa shape index (κ2) is 5.65. The van der Waals surface area contributed by atoms with E-state index >= 15 is 0 Å². The smallest absolute Gasteiger partial charge is 0.335 e. The first-order valence-electron chi connectivity index (χ1n) is 6.13. The molecule has 2 aromatic carbocycles. The van der Waals surface area contributed by atoms with Gasteiger partial charge in [-0.3, -0.25) is 0 Å². The number of aromatic carboxylic acids is 1. The molecule has 0 spiro atoms. The van der Waals surface area contributed by atoms with Crippen molar-refractivity contribution in [2.24, 2.45) is 0 Å². The van der Waals surface area contributed by atoms with Crippen molar-refractivity contribution in [3.05, 3.63) is 47.5 Å². The van der Waals surface area contributed by atoms with Gasteiger partial charge in [-0.1, -0.05) is 18.2 Å². The number of rotatable bonds is 4. The Bertz CT molecular complexity index is 647. The molecule has 0 heterocycles. The Balaban J connectivity index is 2.57. The van der Waals surface area contributed by atoms with Gasteiger partial charge < -0.3 is 14.6 Å². The van der Waals surface area contributed by atoms with Gasteiger partial charge in [0.05, 0.1) is 19.8 Å². The number of hydrogen-bond donors (Lipinski definition) is 1. The van der Waals surface area contributed by atoms with Gasteiger partial charge in [0.15, 0.2) is 11.5 Å². The lowest BCUT2D eigenvalue weighted by atomic mass is 9.96. The van der Waals surface area contributed by atoms with Crippen molar-refractivity contribution in [3.8, 4) is 22.6 Å². The molecule has 0 unspecified atom stereocenters. The molecule has 0 amide bonds. The summed E-state index contributed by atoms with van der Waals surface area (Å²) in [6.45, 7) is 1.80. The summed E-state index contributed by atoms with van der Waals surface area (Å²) in [5, 5.41) is 9.18. The number of carboxylic acid groups (broad SMARTS) is 1. The molecule has 0 aliphatic heterocycles. The highest BCUT2D eigenvalue weighted by Gasteiger charge is 2.13. The molecule has 104 valence electrons. The fourth-order valence-electron chi connectivity index (χ4n) is 2.18. The first-order valence-corrected chi connectivity index (χ1v) is 6.13. The zero-order valence-corrected chi connectivity index (χ0v) is 11.6. The van der Waals surface area contributed by atoms with Gasteiger partial charge in [0.1, 0.15) is 0 Å².